The maximum Gasteiger partial charge on any atom is 0.408 e. The van der Waals surface area contributed by atoms with Crippen LogP contribution in [-0.2, 0) is 32.1 Å². The lowest BCUT2D eigenvalue weighted by molar-refractivity contribution is -0.130. The molecule has 39 heavy (non-hydrogen) atoms. The molecule has 2 amide bonds. The molecule has 204 valence electrons. The van der Waals surface area contributed by atoms with Crippen LogP contribution in [0.5, 0.6) is 0 Å². The molecule has 0 aliphatic rings. The zero-order valence-corrected chi connectivity index (χ0v) is 22.7. The van der Waals surface area contributed by atoms with E-state index in [-0.39, 0.29) is 13.0 Å². The summed E-state index contributed by atoms with van der Waals surface area (Å²) in [5, 5.41) is 5.22. The van der Waals surface area contributed by atoms with Gasteiger partial charge in [-0.1, -0.05) is 78.4 Å². The molecule has 0 aliphatic heterocycles. The average Bonchev–Trinajstić information content (AvgIpc) is 2.90. The molecule has 0 spiro atoms. The first kappa shape index (κ1) is 29.1. The number of aryl methyl sites for hydroxylation is 3. The van der Waals surface area contributed by atoms with E-state index in [4.69, 9.17) is 9.47 Å². The van der Waals surface area contributed by atoms with Gasteiger partial charge in [0.1, 0.15) is 12.6 Å². The highest BCUT2D eigenvalue weighted by Gasteiger charge is 2.26. The number of ketones is 1. The fourth-order valence-corrected chi connectivity index (χ4v) is 4.20. The molecule has 2 atom stereocenters. The summed E-state index contributed by atoms with van der Waals surface area (Å²) in [6, 6.07) is 20.1. The van der Waals surface area contributed by atoms with E-state index in [9.17, 15) is 19.2 Å². The average molecular weight is 531 g/mol. The molecule has 0 aromatic heterocycles. The minimum absolute atomic E-state index is 0.0482. The Kier molecular flexibility index (Phi) is 10.4. The predicted octanol–water partition coefficient (Wildman–Crippen LogP) is 4.38. The summed E-state index contributed by atoms with van der Waals surface area (Å²) >= 11 is 0. The number of hydrogen-bond donors (Lipinski definition) is 2. The SMILES string of the molecule is Cc1cc(C)c(C(=O)OCC(=O)[C@H](C)NC(=O)[C@H](Cc2ccccc2)NC(=O)OCc2ccccc2)c(C)c1. The summed E-state index contributed by atoms with van der Waals surface area (Å²) in [4.78, 5) is 50.9. The first-order valence-corrected chi connectivity index (χ1v) is 12.7. The largest absolute Gasteiger partial charge is 0.454 e. The maximum absolute atomic E-state index is 13.1. The van der Waals surface area contributed by atoms with Crippen LogP contribution in [-0.4, -0.2) is 42.4 Å². The Morgan fingerprint density at radius 2 is 1.33 bits per heavy atom. The summed E-state index contributed by atoms with van der Waals surface area (Å²) in [6.45, 7) is 6.61. The number of alkyl carbamates (subject to hydrolysis) is 1. The third kappa shape index (κ3) is 8.81. The van der Waals surface area contributed by atoms with Crippen molar-refractivity contribution < 1.29 is 28.7 Å². The van der Waals surface area contributed by atoms with Crippen LogP contribution < -0.4 is 10.6 Å². The smallest absolute Gasteiger partial charge is 0.408 e. The first-order valence-electron chi connectivity index (χ1n) is 12.7. The van der Waals surface area contributed by atoms with Crippen LogP contribution in [0.2, 0.25) is 0 Å². The van der Waals surface area contributed by atoms with Gasteiger partial charge in [-0.05, 0) is 49.9 Å². The van der Waals surface area contributed by atoms with Gasteiger partial charge in [0, 0.05) is 6.42 Å². The van der Waals surface area contributed by atoms with Crippen molar-refractivity contribution in [2.45, 2.75) is 52.8 Å². The Morgan fingerprint density at radius 3 is 1.92 bits per heavy atom. The number of benzene rings is 3. The van der Waals surface area contributed by atoms with Crippen molar-refractivity contribution in [2.24, 2.45) is 0 Å². The number of carbonyl (C=O) groups is 4. The lowest BCUT2D eigenvalue weighted by atomic mass is 10.00. The second-order valence-corrected chi connectivity index (χ2v) is 9.49. The first-order chi connectivity index (χ1) is 18.6. The minimum atomic E-state index is -0.994. The molecule has 8 nitrogen and oxygen atoms in total. The molecule has 3 aromatic carbocycles. The number of Topliss-reactive ketones (excluding diaryl/α,β-unsaturated/α-hetero) is 1. The molecular weight excluding hydrogens is 496 g/mol. The molecule has 0 saturated carbocycles. The topological polar surface area (TPSA) is 111 Å². The highest BCUT2D eigenvalue weighted by atomic mass is 16.5. The van der Waals surface area contributed by atoms with Crippen molar-refractivity contribution in [3.8, 4) is 0 Å². The van der Waals surface area contributed by atoms with Gasteiger partial charge in [-0.15, -0.1) is 0 Å². The van der Waals surface area contributed by atoms with Crippen molar-refractivity contribution in [1.29, 1.82) is 0 Å². The molecule has 0 radical (unpaired) electrons. The van der Waals surface area contributed by atoms with Crippen molar-refractivity contribution in [1.82, 2.24) is 10.6 Å². The summed E-state index contributed by atoms with van der Waals surface area (Å²) in [7, 11) is 0. The number of carbonyl (C=O) groups excluding carboxylic acids is 4. The van der Waals surface area contributed by atoms with Crippen LogP contribution in [0, 0.1) is 20.8 Å². The lowest BCUT2D eigenvalue weighted by Gasteiger charge is -2.21. The van der Waals surface area contributed by atoms with Gasteiger partial charge < -0.3 is 20.1 Å². The van der Waals surface area contributed by atoms with Crippen LogP contribution in [0.1, 0.15) is 45.1 Å². The Hall–Kier alpha value is -4.46. The molecule has 0 aliphatic carbocycles. The lowest BCUT2D eigenvalue weighted by Crippen LogP contribution is -2.52. The standard InChI is InChI=1S/C31H34N2O6/c1-20-15-21(2)28(22(3)16-20)30(36)38-19-27(34)23(4)32-29(35)26(17-24-11-7-5-8-12-24)33-31(37)39-18-25-13-9-6-10-14-25/h5-16,23,26H,17-19H2,1-4H3,(H,32,35)(H,33,37)/t23-,26-/m0/s1. The van der Waals surface area contributed by atoms with Crippen LogP contribution in [0.15, 0.2) is 72.8 Å². The van der Waals surface area contributed by atoms with Gasteiger partial charge in [-0.3, -0.25) is 9.59 Å². The molecule has 0 unspecified atom stereocenters. The van der Waals surface area contributed by atoms with E-state index in [0.29, 0.717) is 5.56 Å². The summed E-state index contributed by atoms with van der Waals surface area (Å²) in [5.41, 5.74) is 4.60. The molecule has 0 saturated heterocycles. The molecule has 8 heteroatoms. The van der Waals surface area contributed by atoms with E-state index in [1.807, 2.05) is 93.6 Å². The fraction of sp³-hybridized carbons (Fsp3) is 0.290. The van der Waals surface area contributed by atoms with Gasteiger partial charge in [0.25, 0.3) is 0 Å². The Labute approximate surface area is 228 Å². The van der Waals surface area contributed by atoms with E-state index in [0.717, 1.165) is 27.8 Å². The Bertz CT molecular complexity index is 1280. The molecule has 0 fully saturated rings. The summed E-state index contributed by atoms with van der Waals surface area (Å²) in [5.74, 6) is -1.64. The van der Waals surface area contributed by atoms with E-state index in [1.54, 1.807) is 0 Å². The zero-order valence-electron chi connectivity index (χ0n) is 22.7. The monoisotopic (exact) mass is 530 g/mol. The number of rotatable bonds is 11. The van der Waals surface area contributed by atoms with E-state index >= 15 is 0 Å². The van der Waals surface area contributed by atoms with E-state index in [2.05, 4.69) is 10.6 Å². The normalized spacial score (nSPS) is 12.1. The highest BCUT2D eigenvalue weighted by Crippen LogP contribution is 2.17. The maximum atomic E-state index is 13.1. The van der Waals surface area contributed by atoms with Gasteiger partial charge >= 0.3 is 12.1 Å². The Balaban J connectivity index is 1.59. The summed E-state index contributed by atoms with van der Waals surface area (Å²) < 4.78 is 10.5. The number of nitrogens with one attached hydrogen (secondary N) is 2. The van der Waals surface area contributed by atoms with Crippen molar-refractivity contribution in [2.75, 3.05) is 6.61 Å². The van der Waals surface area contributed by atoms with Crippen molar-refractivity contribution in [3.63, 3.8) is 0 Å². The van der Waals surface area contributed by atoms with E-state index in [1.165, 1.54) is 6.92 Å². The van der Waals surface area contributed by atoms with Gasteiger partial charge in [-0.25, -0.2) is 9.59 Å². The third-order valence-electron chi connectivity index (χ3n) is 6.17. The molecule has 2 N–H and O–H groups in total. The minimum Gasteiger partial charge on any atom is -0.454 e. The fourth-order valence-electron chi connectivity index (χ4n) is 4.20. The Morgan fingerprint density at radius 1 is 0.769 bits per heavy atom. The quantitative estimate of drug-likeness (QED) is 0.356. The number of hydrogen-bond acceptors (Lipinski definition) is 6. The van der Waals surface area contributed by atoms with Gasteiger partial charge in [0.05, 0.1) is 11.6 Å². The molecule has 0 heterocycles. The highest BCUT2D eigenvalue weighted by molar-refractivity contribution is 5.96. The second-order valence-electron chi connectivity index (χ2n) is 9.49. The van der Waals surface area contributed by atoms with E-state index < -0.39 is 42.4 Å². The van der Waals surface area contributed by atoms with Crippen LogP contribution in [0.25, 0.3) is 0 Å². The summed E-state index contributed by atoms with van der Waals surface area (Å²) in [6.07, 6.45) is -0.568. The number of amides is 2. The number of ether oxygens (including phenoxy) is 2. The van der Waals surface area contributed by atoms with Crippen molar-refractivity contribution in [3.05, 3.63) is 106 Å². The predicted molar refractivity (Wildman–Crippen MR) is 147 cm³/mol. The second kappa shape index (κ2) is 13.9. The number of esters is 1. The van der Waals surface area contributed by atoms with Gasteiger partial charge in [0.2, 0.25) is 5.91 Å². The molecule has 3 aromatic rings. The molecule has 3 rings (SSSR count). The van der Waals surface area contributed by atoms with Gasteiger partial charge in [-0.2, -0.15) is 0 Å². The molecular formula is C31H34N2O6. The van der Waals surface area contributed by atoms with Gasteiger partial charge in [0.15, 0.2) is 12.4 Å². The third-order valence-corrected chi connectivity index (χ3v) is 6.17. The molecule has 0 bridgehead atoms. The van der Waals surface area contributed by atoms with Crippen LogP contribution in [0.4, 0.5) is 4.79 Å². The van der Waals surface area contributed by atoms with Crippen molar-refractivity contribution >= 4 is 23.8 Å². The van der Waals surface area contributed by atoms with Crippen LogP contribution >= 0.6 is 0 Å². The van der Waals surface area contributed by atoms with Crippen LogP contribution in [0.3, 0.4) is 0 Å². The zero-order chi connectivity index (χ0) is 28.4.